The molecule has 0 bridgehead atoms. The Balaban J connectivity index is 2.77. The average molecular weight is 170 g/mol. The third-order valence-corrected chi connectivity index (χ3v) is 1.98. The van der Waals surface area contributed by atoms with Crippen molar-refractivity contribution >= 4 is 0 Å². The van der Waals surface area contributed by atoms with Gasteiger partial charge in [0.1, 0.15) is 0 Å². The number of ether oxygens (including phenoxy) is 1. The maximum atomic E-state index is 5.03. The van der Waals surface area contributed by atoms with Gasteiger partial charge in [-0.05, 0) is 6.42 Å². The second-order valence-corrected chi connectivity index (χ2v) is 3.16. The Morgan fingerprint density at radius 3 is 2.17 bits per heavy atom. The van der Waals surface area contributed by atoms with Gasteiger partial charge in [0.15, 0.2) is 0 Å². The fraction of sp³-hybridized carbons (Fsp3) is 0.818. The van der Waals surface area contributed by atoms with Crippen LogP contribution in [0.4, 0.5) is 0 Å². The Morgan fingerprint density at radius 2 is 1.58 bits per heavy atom. The predicted octanol–water partition coefficient (Wildman–Crippen LogP) is 3.90. The third kappa shape index (κ3) is 9.54. The van der Waals surface area contributed by atoms with Crippen molar-refractivity contribution in [1.29, 1.82) is 0 Å². The third-order valence-electron chi connectivity index (χ3n) is 1.98. The van der Waals surface area contributed by atoms with Gasteiger partial charge in [-0.2, -0.15) is 0 Å². The van der Waals surface area contributed by atoms with E-state index in [1.165, 1.54) is 51.2 Å². The molecule has 12 heavy (non-hydrogen) atoms. The molecular formula is C11H22O. The molecule has 0 spiro atoms. The highest BCUT2D eigenvalue weighted by Crippen LogP contribution is 2.06. The average Bonchev–Trinajstić information content (AvgIpc) is 2.10. The molecule has 0 unspecified atom stereocenters. The van der Waals surface area contributed by atoms with Gasteiger partial charge >= 0.3 is 0 Å². The molecule has 0 rings (SSSR count). The fourth-order valence-corrected chi connectivity index (χ4v) is 1.23. The molecule has 0 saturated heterocycles. The Kier molecular flexibility index (Phi) is 10.1. The molecule has 0 N–H and O–H groups in total. The first-order chi connectivity index (χ1) is 5.91. The number of unbranched alkanes of at least 4 members (excludes halogenated alkanes) is 6. The van der Waals surface area contributed by atoms with Gasteiger partial charge in [0.05, 0.1) is 12.9 Å². The quantitative estimate of drug-likeness (QED) is 0.377. The van der Waals surface area contributed by atoms with Gasteiger partial charge in [0, 0.05) is 0 Å². The van der Waals surface area contributed by atoms with Crippen LogP contribution in [-0.2, 0) is 4.74 Å². The standard InChI is InChI=1S/C11H22O/c1-3-5-6-7-8-9-10-11-12-4-2/h4H,2-3,5-11H2,1H3. The van der Waals surface area contributed by atoms with Gasteiger partial charge in [-0.15, -0.1) is 0 Å². The summed E-state index contributed by atoms with van der Waals surface area (Å²) in [5.41, 5.74) is 0. The minimum atomic E-state index is 0.845. The highest BCUT2D eigenvalue weighted by Gasteiger charge is 1.89. The van der Waals surface area contributed by atoms with Crippen molar-refractivity contribution in [2.75, 3.05) is 6.61 Å². The lowest BCUT2D eigenvalue weighted by molar-refractivity contribution is 0.241. The Morgan fingerprint density at radius 1 is 1.00 bits per heavy atom. The van der Waals surface area contributed by atoms with Crippen molar-refractivity contribution in [3.63, 3.8) is 0 Å². The molecule has 0 aliphatic heterocycles. The summed E-state index contributed by atoms with van der Waals surface area (Å²) < 4.78 is 5.03. The van der Waals surface area contributed by atoms with Crippen molar-refractivity contribution in [3.8, 4) is 0 Å². The van der Waals surface area contributed by atoms with E-state index in [1.54, 1.807) is 0 Å². The van der Waals surface area contributed by atoms with Crippen LogP contribution in [0.3, 0.4) is 0 Å². The largest absolute Gasteiger partial charge is 0.502 e. The van der Waals surface area contributed by atoms with Crippen LogP contribution in [0, 0.1) is 0 Å². The summed E-state index contributed by atoms with van der Waals surface area (Å²) in [6.07, 6.45) is 10.9. The lowest BCUT2D eigenvalue weighted by Crippen LogP contribution is -1.87. The molecule has 0 radical (unpaired) electrons. The van der Waals surface area contributed by atoms with E-state index >= 15 is 0 Å². The summed E-state index contributed by atoms with van der Waals surface area (Å²) in [5, 5.41) is 0. The molecule has 0 fully saturated rings. The molecule has 0 aromatic carbocycles. The molecule has 0 aliphatic rings. The van der Waals surface area contributed by atoms with Crippen LogP contribution >= 0.6 is 0 Å². The Labute approximate surface area is 76.8 Å². The molecule has 0 saturated carbocycles. The summed E-state index contributed by atoms with van der Waals surface area (Å²) in [6.45, 7) is 6.59. The van der Waals surface area contributed by atoms with E-state index in [1.807, 2.05) is 0 Å². The van der Waals surface area contributed by atoms with Gasteiger partial charge in [-0.3, -0.25) is 0 Å². The summed E-state index contributed by atoms with van der Waals surface area (Å²) >= 11 is 0. The molecule has 0 heterocycles. The molecular weight excluding hydrogens is 148 g/mol. The van der Waals surface area contributed by atoms with Gasteiger partial charge in [-0.25, -0.2) is 0 Å². The normalized spacial score (nSPS) is 9.75. The lowest BCUT2D eigenvalue weighted by atomic mass is 10.1. The van der Waals surface area contributed by atoms with E-state index in [2.05, 4.69) is 13.5 Å². The van der Waals surface area contributed by atoms with E-state index in [4.69, 9.17) is 4.74 Å². The van der Waals surface area contributed by atoms with E-state index < -0.39 is 0 Å². The summed E-state index contributed by atoms with van der Waals surface area (Å²) in [6, 6.07) is 0. The van der Waals surface area contributed by atoms with Crippen molar-refractivity contribution in [1.82, 2.24) is 0 Å². The van der Waals surface area contributed by atoms with E-state index in [-0.39, 0.29) is 0 Å². The van der Waals surface area contributed by atoms with Crippen LogP contribution in [0.15, 0.2) is 12.8 Å². The first-order valence-electron chi connectivity index (χ1n) is 5.14. The van der Waals surface area contributed by atoms with E-state index in [0.29, 0.717) is 0 Å². The Bertz CT molecular complexity index is 89.0. The summed E-state index contributed by atoms with van der Waals surface area (Å²) in [7, 11) is 0. The van der Waals surface area contributed by atoms with Gasteiger partial charge < -0.3 is 4.74 Å². The SMILES string of the molecule is C=COCCCCCCCCC. The van der Waals surface area contributed by atoms with Crippen LogP contribution in [0.25, 0.3) is 0 Å². The monoisotopic (exact) mass is 170 g/mol. The molecule has 0 aromatic rings. The maximum Gasteiger partial charge on any atom is 0.0873 e. The van der Waals surface area contributed by atoms with E-state index in [9.17, 15) is 0 Å². The zero-order valence-electron chi connectivity index (χ0n) is 8.35. The molecule has 1 nitrogen and oxygen atoms in total. The Hall–Kier alpha value is -0.460. The maximum absolute atomic E-state index is 5.03. The highest BCUT2D eigenvalue weighted by molar-refractivity contribution is 4.49. The fourth-order valence-electron chi connectivity index (χ4n) is 1.23. The second-order valence-electron chi connectivity index (χ2n) is 3.16. The van der Waals surface area contributed by atoms with E-state index in [0.717, 1.165) is 6.61 Å². The van der Waals surface area contributed by atoms with Crippen LogP contribution < -0.4 is 0 Å². The highest BCUT2D eigenvalue weighted by atomic mass is 16.5. The van der Waals surface area contributed by atoms with Crippen LogP contribution in [0.5, 0.6) is 0 Å². The van der Waals surface area contributed by atoms with Gasteiger partial charge in [0.25, 0.3) is 0 Å². The first-order valence-corrected chi connectivity index (χ1v) is 5.14. The summed E-state index contributed by atoms with van der Waals surface area (Å²) in [5.74, 6) is 0. The van der Waals surface area contributed by atoms with Crippen LogP contribution in [0.2, 0.25) is 0 Å². The van der Waals surface area contributed by atoms with Crippen LogP contribution in [0.1, 0.15) is 51.9 Å². The molecule has 0 aromatic heterocycles. The van der Waals surface area contributed by atoms with Crippen molar-refractivity contribution in [3.05, 3.63) is 12.8 Å². The second kappa shape index (κ2) is 10.5. The number of rotatable bonds is 9. The van der Waals surface area contributed by atoms with Gasteiger partial charge in [-0.1, -0.05) is 52.0 Å². The zero-order chi connectivity index (χ0) is 9.07. The predicted molar refractivity (Wildman–Crippen MR) is 54.1 cm³/mol. The summed E-state index contributed by atoms with van der Waals surface area (Å²) in [4.78, 5) is 0. The lowest BCUT2D eigenvalue weighted by Gasteiger charge is -2.00. The number of hydrogen-bond donors (Lipinski definition) is 0. The topological polar surface area (TPSA) is 9.23 Å². The van der Waals surface area contributed by atoms with Crippen molar-refractivity contribution in [2.45, 2.75) is 51.9 Å². The van der Waals surface area contributed by atoms with Gasteiger partial charge in [0.2, 0.25) is 0 Å². The molecule has 0 aliphatic carbocycles. The van der Waals surface area contributed by atoms with Crippen molar-refractivity contribution in [2.24, 2.45) is 0 Å². The first kappa shape index (κ1) is 11.5. The smallest absolute Gasteiger partial charge is 0.0873 e. The number of hydrogen-bond acceptors (Lipinski definition) is 1. The van der Waals surface area contributed by atoms with Crippen LogP contribution in [-0.4, -0.2) is 6.61 Å². The molecule has 0 atom stereocenters. The minimum absolute atomic E-state index is 0.845. The zero-order valence-corrected chi connectivity index (χ0v) is 8.35. The molecule has 0 amide bonds. The minimum Gasteiger partial charge on any atom is -0.502 e. The van der Waals surface area contributed by atoms with Crippen molar-refractivity contribution < 1.29 is 4.74 Å². The molecule has 1 heteroatoms. The molecule has 72 valence electrons.